The van der Waals surface area contributed by atoms with Crippen LogP contribution in [0.5, 0.6) is 0 Å². The number of nitrogens with two attached hydrogens (primary N) is 1. The van der Waals surface area contributed by atoms with Crippen molar-refractivity contribution in [2.24, 2.45) is 0 Å². The Kier molecular flexibility index (Phi) is 1.68. The zero-order valence-electron chi connectivity index (χ0n) is 9.11. The molecule has 0 aliphatic carbocycles. The van der Waals surface area contributed by atoms with Crippen LogP contribution in [0.3, 0.4) is 0 Å². The first kappa shape index (κ1) is 9.15. The first-order valence-corrected chi connectivity index (χ1v) is 5.08. The van der Waals surface area contributed by atoms with E-state index >= 15 is 0 Å². The van der Waals surface area contributed by atoms with E-state index in [4.69, 9.17) is 10.3 Å². The Labute approximate surface area is 92.0 Å². The van der Waals surface area contributed by atoms with Gasteiger partial charge in [0.1, 0.15) is 0 Å². The summed E-state index contributed by atoms with van der Waals surface area (Å²) in [6.45, 7) is 4.12. The number of aryl methyl sites for hydroxylation is 2. The maximum Gasteiger partial charge on any atom is 0.231 e. The normalized spacial score (nSPS) is 11.4. The smallest absolute Gasteiger partial charge is 0.231 e. The van der Waals surface area contributed by atoms with Crippen LogP contribution in [-0.2, 0) is 0 Å². The van der Waals surface area contributed by atoms with E-state index in [0.717, 1.165) is 16.3 Å². The second-order valence-electron chi connectivity index (χ2n) is 3.99. The van der Waals surface area contributed by atoms with E-state index in [0.29, 0.717) is 11.5 Å². The quantitative estimate of drug-likeness (QED) is 0.623. The second-order valence-corrected chi connectivity index (χ2v) is 3.99. The molecule has 0 radical (unpaired) electrons. The van der Waals surface area contributed by atoms with Crippen molar-refractivity contribution in [3.8, 4) is 0 Å². The standard InChI is InChI=1S/C12H11N3O/c1-6-3-4-8-5-9-11(13)16-15-12(9)14-10(8)7(6)2/h3-5H,13H2,1-2H3. The molecule has 0 atom stereocenters. The van der Waals surface area contributed by atoms with Gasteiger partial charge in [-0.1, -0.05) is 17.3 Å². The maximum atomic E-state index is 5.67. The summed E-state index contributed by atoms with van der Waals surface area (Å²) in [6.07, 6.45) is 0. The van der Waals surface area contributed by atoms with Gasteiger partial charge in [0.25, 0.3) is 0 Å². The van der Waals surface area contributed by atoms with Crippen LogP contribution in [0.1, 0.15) is 11.1 Å². The molecule has 16 heavy (non-hydrogen) atoms. The Morgan fingerprint density at radius 1 is 1.25 bits per heavy atom. The number of hydrogen-bond acceptors (Lipinski definition) is 4. The van der Waals surface area contributed by atoms with E-state index in [1.807, 2.05) is 12.1 Å². The van der Waals surface area contributed by atoms with E-state index in [2.05, 4.69) is 30.1 Å². The fourth-order valence-corrected chi connectivity index (χ4v) is 1.87. The number of pyridine rings is 1. The molecule has 1 aromatic carbocycles. The second kappa shape index (κ2) is 2.95. The first-order chi connectivity index (χ1) is 7.66. The average molecular weight is 213 g/mol. The number of aromatic nitrogens is 2. The predicted octanol–water partition coefficient (Wildman–Crippen LogP) is 2.58. The first-order valence-electron chi connectivity index (χ1n) is 5.08. The third-order valence-electron chi connectivity index (χ3n) is 2.99. The minimum Gasteiger partial charge on any atom is -0.367 e. The highest BCUT2D eigenvalue weighted by Gasteiger charge is 2.09. The van der Waals surface area contributed by atoms with E-state index in [1.54, 1.807) is 0 Å². The number of hydrogen-bond donors (Lipinski definition) is 1. The fourth-order valence-electron chi connectivity index (χ4n) is 1.87. The Morgan fingerprint density at radius 2 is 2.06 bits per heavy atom. The summed E-state index contributed by atoms with van der Waals surface area (Å²) in [6, 6.07) is 6.08. The van der Waals surface area contributed by atoms with Crippen LogP contribution >= 0.6 is 0 Å². The molecule has 3 aromatic rings. The lowest BCUT2D eigenvalue weighted by atomic mass is 10.0. The van der Waals surface area contributed by atoms with Gasteiger partial charge in [0.2, 0.25) is 11.5 Å². The van der Waals surface area contributed by atoms with Crippen molar-refractivity contribution in [3.63, 3.8) is 0 Å². The van der Waals surface area contributed by atoms with E-state index in [-0.39, 0.29) is 0 Å². The number of benzene rings is 1. The Hall–Kier alpha value is -2.10. The molecular formula is C12H11N3O. The van der Waals surface area contributed by atoms with Crippen LogP contribution in [0.4, 0.5) is 5.88 Å². The van der Waals surface area contributed by atoms with Gasteiger partial charge in [0.05, 0.1) is 10.9 Å². The molecule has 0 unspecified atom stereocenters. The van der Waals surface area contributed by atoms with Gasteiger partial charge in [-0.3, -0.25) is 0 Å². The number of anilines is 1. The van der Waals surface area contributed by atoms with Gasteiger partial charge in [-0.05, 0) is 31.0 Å². The van der Waals surface area contributed by atoms with Crippen molar-refractivity contribution in [3.05, 3.63) is 29.3 Å². The zero-order valence-corrected chi connectivity index (χ0v) is 9.11. The fraction of sp³-hybridized carbons (Fsp3) is 0.167. The third kappa shape index (κ3) is 1.10. The van der Waals surface area contributed by atoms with Gasteiger partial charge < -0.3 is 10.3 Å². The summed E-state index contributed by atoms with van der Waals surface area (Å²) >= 11 is 0. The van der Waals surface area contributed by atoms with Gasteiger partial charge >= 0.3 is 0 Å². The van der Waals surface area contributed by atoms with Gasteiger partial charge in [0, 0.05) is 5.39 Å². The molecule has 0 spiro atoms. The van der Waals surface area contributed by atoms with E-state index in [9.17, 15) is 0 Å². The molecular weight excluding hydrogens is 202 g/mol. The van der Waals surface area contributed by atoms with E-state index in [1.165, 1.54) is 11.1 Å². The van der Waals surface area contributed by atoms with Gasteiger partial charge in [-0.15, -0.1) is 0 Å². The summed E-state index contributed by atoms with van der Waals surface area (Å²) in [7, 11) is 0. The van der Waals surface area contributed by atoms with Crippen molar-refractivity contribution < 1.29 is 4.52 Å². The number of rotatable bonds is 0. The van der Waals surface area contributed by atoms with Gasteiger partial charge in [0.15, 0.2) is 0 Å². The molecule has 0 fully saturated rings. The van der Waals surface area contributed by atoms with Crippen molar-refractivity contribution in [1.82, 2.24) is 10.1 Å². The zero-order chi connectivity index (χ0) is 11.3. The largest absolute Gasteiger partial charge is 0.367 e. The Bertz CT molecular complexity index is 700. The lowest BCUT2D eigenvalue weighted by Gasteiger charge is -2.04. The van der Waals surface area contributed by atoms with Crippen LogP contribution < -0.4 is 5.73 Å². The number of fused-ring (bicyclic) bond motifs is 2. The van der Waals surface area contributed by atoms with Crippen molar-refractivity contribution in [2.75, 3.05) is 5.73 Å². The SMILES string of the molecule is Cc1ccc2cc3c(N)onc3nc2c1C. The van der Waals surface area contributed by atoms with Crippen LogP contribution in [0, 0.1) is 13.8 Å². The molecule has 0 saturated heterocycles. The molecule has 3 rings (SSSR count). The van der Waals surface area contributed by atoms with Crippen molar-refractivity contribution >= 4 is 27.8 Å². The molecule has 2 N–H and O–H groups in total. The van der Waals surface area contributed by atoms with Gasteiger partial charge in [-0.25, -0.2) is 4.98 Å². The monoisotopic (exact) mass is 213 g/mol. The molecule has 2 aromatic heterocycles. The molecule has 4 nitrogen and oxygen atoms in total. The van der Waals surface area contributed by atoms with E-state index < -0.39 is 0 Å². The molecule has 0 saturated carbocycles. The predicted molar refractivity (Wildman–Crippen MR) is 63.2 cm³/mol. The minimum atomic E-state index is 0.322. The summed E-state index contributed by atoms with van der Waals surface area (Å²) in [5.74, 6) is 0.322. The topological polar surface area (TPSA) is 64.9 Å². The molecule has 4 heteroatoms. The van der Waals surface area contributed by atoms with Gasteiger partial charge in [-0.2, -0.15) is 0 Å². The van der Waals surface area contributed by atoms with Crippen molar-refractivity contribution in [1.29, 1.82) is 0 Å². The average Bonchev–Trinajstić information content (AvgIpc) is 2.64. The minimum absolute atomic E-state index is 0.322. The van der Waals surface area contributed by atoms with Crippen LogP contribution in [-0.4, -0.2) is 10.1 Å². The highest BCUT2D eigenvalue weighted by Crippen LogP contribution is 2.26. The highest BCUT2D eigenvalue weighted by atomic mass is 16.5. The molecule has 0 bridgehead atoms. The van der Waals surface area contributed by atoms with Crippen LogP contribution in [0.25, 0.3) is 21.9 Å². The highest BCUT2D eigenvalue weighted by molar-refractivity contribution is 5.96. The van der Waals surface area contributed by atoms with Crippen molar-refractivity contribution in [2.45, 2.75) is 13.8 Å². The molecule has 2 heterocycles. The number of nitrogen functional groups attached to an aromatic ring is 1. The lowest BCUT2D eigenvalue weighted by Crippen LogP contribution is -1.89. The maximum absolute atomic E-state index is 5.67. The third-order valence-corrected chi connectivity index (χ3v) is 2.99. The summed E-state index contributed by atoms with van der Waals surface area (Å²) in [4.78, 5) is 4.47. The van der Waals surface area contributed by atoms with Crippen LogP contribution in [0.15, 0.2) is 22.7 Å². The van der Waals surface area contributed by atoms with Crippen LogP contribution in [0.2, 0.25) is 0 Å². The summed E-state index contributed by atoms with van der Waals surface area (Å²) in [5, 5.41) is 5.66. The molecule has 0 aliphatic rings. The molecule has 80 valence electrons. The summed E-state index contributed by atoms with van der Waals surface area (Å²) in [5.41, 5.74) is 9.58. The lowest BCUT2D eigenvalue weighted by molar-refractivity contribution is 0.443. The Morgan fingerprint density at radius 3 is 2.88 bits per heavy atom. The number of nitrogens with zero attached hydrogens (tertiary/aromatic N) is 2. The molecule has 0 amide bonds. The Balaban J connectivity index is 2.53. The molecule has 0 aliphatic heterocycles. The summed E-state index contributed by atoms with van der Waals surface area (Å²) < 4.78 is 4.92.